The van der Waals surface area contributed by atoms with E-state index in [1.165, 1.54) is 50.2 Å². The molecule has 412 valence electrons. The molecule has 0 spiro atoms. The van der Waals surface area contributed by atoms with E-state index in [2.05, 4.69) is 279 Å². The highest BCUT2D eigenvalue weighted by atomic mass is 16.5. The number of hydrogen-bond acceptors (Lipinski definition) is 5. The Labute approximate surface area is 490 Å². The summed E-state index contributed by atoms with van der Waals surface area (Å²) in [5.74, 6) is 3.77. The minimum Gasteiger partial charge on any atom is -0.457 e. The quantitative estimate of drug-likeness (QED) is 0.114. The van der Waals surface area contributed by atoms with Crippen molar-refractivity contribution in [1.82, 2.24) is 24.1 Å². The Morgan fingerprint density at radius 3 is 1.48 bits per heavy atom. The molecule has 0 aliphatic carbocycles. The number of aromatic nitrogens is 5. The maximum Gasteiger partial charge on any atom is 0.149 e. The fourth-order valence-electron chi connectivity index (χ4n) is 13.0. The summed E-state index contributed by atoms with van der Waals surface area (Å²) < 4.78 is 19.5. The van der Waals surface area contributed by atoms with E-state index >= 15 is 0 Å². The molecule has 0 saturated heterocycles. The first-order chi connectivity index (χ1) is 40.8. The van der Waals surface area contributed by atoms with Gasteiger partial charge in [-0.2, -0.15) is 0 Å². The minimum absolute atomic E-state index is 0.181. The van der Waals surface area contributed by atoms with Crippen LogP contribution in [0.5, 0.6) is 11.5 Å². The van der Waals surface area contributed by atoms with E-state index in [0.29, 0.717) is 11.5 Å². The standard InChI is InChI=1S/C77H67N5O2/c1-44(2)59-38-54(50-22-13-11-14-23-50)39-60(45(3)4)73(59)81-68-30-19-17-28-66(68)79-76(81)53-26-21-27-56(37-53)83-57-42-64-72-70(35-33-52-32-34-58-49(10)78-48(9)36-63(58)71(52)72)84-75(64)65(43-57)77-80-67-29-18-20-31-69(67)82(77)74-61(46(5)6)40-55(41-62(74)47(7)8)51-24-15-12-16-25-51/h11-47H,1-10H3. The van der Waals surface area contributed by atoms with Crippen molar-refractivity contribution >= 4 is 65.6 Å². The summed E-state index contributed by atoms with van der Waals surface area (Å²) in [4.78, 5) is 16.0. The highest BCUT2D eigenvalue weighted by Gasteiger charge is 2.29. The van der Waals surface area contributed by atoms with Crippen molar-refractivity contribution in [2.45, 2.75) is 92.9 Å². The second-order valence-corrected chi connectivity index (χ2v) is 24.0. The molecule has 4 heterocycles. The highest BCUT2D eigenvalue weighted by molar-refractivity contribution is 6.28. The van der Waals surface area contributed by atoms with Crippen molar-refractivity contribution in [2.24, 2.45) is 0 Å². The van der Waals surface area contributed by atoms with Crippen LogP contribution in [0.1, 0.15) is 113 Å². The largest absolute Gasteiger partial charge is 0.457 e. The van der Waals surface area contributed by atoms with Crippen LogP contribution in [0.15, 0.2) is 205 Å². The zero-order chi connectivity index (χ0) is 57.7. The number of furan rings is 1. The Balaban J connectivity index is 1.02. The SMILES string of the molecule is Cc1cc2c(ccc3ccc4oc5c(-c6nc7ccccc7n6-c6c(C(C)C)cc(-c7ccccc7)cc6C(C)C)cc(Oc6cccc(-c7nc8ccccc8n7-c7c(C(C)C)cc(-c8ccccc8)cc7C(C)C)c6)cc5c4c32)c(C)n1. The molecule has 0 radical (unpaired) electrons. The number of para-hydroxylation sites is 4. The van der Waals surface area contributed by atoms with Crippen LogP contribution in [-0.2, 0) is 0 Å². The molecule has 14 aromatic rings. The van der Waals surface area contributed by atoms with Crippen molar-refractivity contribution in [3.63, 3.8) is 0 Å². The summed E-state index contributed by atoms with van der Waals surface area (Å²) >= 11 is 0. The first-order valence-corrected chi connectivity index (χ1v) is 29.7. The van der Waals surface area contributed by atoms with Gasteiger partial charge in [0, 0.05) is 38.5 Å². The van der Waals surface area contributed by atoms with Crippen LogP contribution in [0.3, 0.4) is 0 Å². The normalized spacial score (nSPS) is 12.1. The van der Waals surface area contributed by atoms with Crippen LogP contribution < -0.4 is 4.74 Å². The van der Waals surface area contributed by atoms with Gasteiger partial charge in [-0.3, -0.25) is 14.1 Å². The lowest BCUT2D eigenvalue weighted by Crippen LogP contribution is -2.09. The molecule has 4 aromatic heterocycles. The first-order valence-electron chi connectivity index (χ1n) is 29.7. The summed E-state index contributed by atoms with van der Waals surface area (Å²) in [7, 11) is 0. The number of pyridine rings is 1. The molecule has 0 N–H and O–H groups in total. The Bertz CT molecular complexity index is 4840. The van der Waals surface area contributed by atoms with Crippen molar-refractivity contribution in [1.29, 1.82) is 0 Å². The summed E-state index contributed by atoms with van der Waals surface area (Å²) in [6.45, 7) is 22.6. The number of nitrogens with zero attached hydrogens (tertiary/aromatic N) is 5. The van der Waals surface area contributed by atoms with Crippen LogP contribution in [0.4, 0.5) is 0 Å². The van der Waals surface area contributed by atoms with Crippen molar-refractivity contribution in [3.8, 4) is 67.9 Å². The van der Waals surface area contributed by atoms with Gasteiger partial charge >= 0.3 is 0 Å². The Hall–Kier alpha value is -9.59. The second kappa shape index (κ2) is 20.7. The fourth-order valence-corrected chi connectivity index (χ4v) is 13.0. The first kappa shape index (κ1) is 52.5. The Morgan fingerprint density at radius 1 is 0.393 bits per heavy atom. The lowest BCUT2D eigenvalue weighted by molar-refractivity contribution is 0.483. The molecule has 7 nitrogen and oxygen atoms in total. The van der Waals surface area contributed by atoms with E-state index in [9.17, 15) is 0 Å². The van der Waals surface area contributed by atoms with Gasteiger partial charge in [0.05, 0.1) is 39.0 Å². The smallest absolute Gasteiger partial charge is 0.149 e. The lowest BCUT2D eigenvalue weighted by Gasteiger charge is -2.24. The maximum absolute atomic E-state index is 7.36. The van der Waals surface area contributed by atoms with Gasteiger partial charge in [0.15, 0.2) is 0 Å². The van der Waals surface area contributed by atoms with E-state index < -0.39 is 0 Å². The molecule has 0 aliphatic rings. The van der Waals surface area contributed by atoms with E-state index in [1.54, 1.807) is 0 Å². The Kier molecular flexibility index (Phi) is 12.9. The number of fused-ring (bicyclic) bond motifs is 9. The average molecular weight is 1090 g/mol. The van der Waals surface area contributed by atoms with E-state index in [4.69, 9.17) is 24.1 Å². The van der Waals surface area contributed by atoms with Crippen LogP contribution >= 0.6 is 0 Å². The number of aryl methyl sites for hydroxylation is 2. The van der Waals surface area contributed by atoms with Gasteiger partial charge < -0.3 is 9.15 Å². The monoisotopic (exact) mass is 1090 g/mol. The molecule has 10 aromatic carbocycles. The van der Waals surface area contributed by atoms with E-state index in [0.717, 1.165) is 105 Å². The molecule has 0 saturated carbocycles. The molecule has 0 aliphatic heterocycles. The third-order valence-electron chi connectivity index (χ3n) is 17.0. The number of rotatable bonds is 12. The third-order valence-corrected chi connectivity index (χ3v) is 17.0. The van der Waals surface area contributed by atoms with Crippen molar-refractivity contribution in [2.75, 3.05) is 0 Å². The third kappa shape index (κ3) is 8.84. The minimum atomic E-state index is 0.181. The van der Waals surface area contributed by atoms with Gasteiger partial charge in [0.25, 0.3) is 0 Å². The zero-order valence-corrected chi connectivity index (χ0v) is 49.4. The van der Waals surface area contributed by atoms with Crippen molar-refractivity contribution < 1.29 is 9.15 Å². The van der Waals surface area contributed by atoms with Gasteiger partial charge in [0.1, 0.15) is 34.3 Å². The van der Waals surface area contributed by atoms with Gasteiger partial charge in [-0.05, 0) is 178 Å². The predicted octanol–water partition coefficient (Wildman–Crippen LogP) is 21.5. The van der Waals surface area contributed by atoms with Gasteiger partial charge in [0.2, 0.25) is 0 Å². The van der Waals surface area contributed by atoms with Crippen LogP contribution in [0, 0.1) is 13.8 Å². The molecular weight excluding hydrogens is 1030 g/mol. The van der Waals surface area contributed by atoms with Gasteiger partial charge in [-0.15, -0.1) is 0 Å². The number of ether oxygens (including phenoxy) is 1. The maximum atomic E-state index is 7.36. The summed E-state index contributed by atoms with van der Waals surface area (Å²) in [6, 6.07) is 71.8. The number of imidazole rings is 2. The fraction of sp³-hybridized carbons (Fsp3) is 0.182. The molecule has 0 amide bonds. The molecule has 14 rings (SSSR count). The van der Waals surface area contributed by atoms with E-state index in [1.807, 2.05) is 0 Å². The summed E-state index contributed by atoms with van der Waals surface area (Å²) in [5, 5.41) is 6.45. The summed E-state index contributed by atoms with van der Waals surface area (Å²) in [5.41, 5.74) is 21.3. The zero-order valence-electron chi connectivity index (χ0n) is 49.4. The summed E-state index contributed by atoms with van der Waals surface area (Å²) in [6.07, 6.45) is 0. The van der Waals surface area contributed by atoms with Crippen LogP contribution in [0.25, 0.3) is 122 Å². The molecule has 0 fully saturated rings. The number of hydrogen-bond donors (Lipinski definition) is 0. The molecule has 0 bridgehead atoms. The molecular formula is C77H67N5O2. The average Bonchev–Trinajstić information content (AvgIpc) is 2.52. The Morgan fingerprint density at radius 2 is 0.905 bits per heavy atom. The van der Waals surface area contributed by atoms with Crippen LogP contribution in [-0.4, -0.2) is 24.1 Å². The lowest BCUT2D eigenvalue weighted by atomic mass is 9.88. The molecule has 7 heteroatoms. The van der Waals surface area contributed by atoms with E-state index in [-0.39, 0.29) is 23.7 Å². The van der Waals surface area contributed by atoms with Crippen molar-refractivity contribution in [3.05, 3.63) is 234 Å². The topological polar surface area (TPSA) is 70.9 Å². The molecule has 0 atom stereocenters. The molecule has 0 unspecified atom stereocenters. The van der Waals surface area contributed by atoms with Gasteiger partial charge in [-0.25, -0.2) is 9.97 Å². The highest BCUT2D eigenvalue weighted by Crippen LogP contribution is 2.48. The second-order valence-electron chi connectivity index (χ2n) is 24.0. The van der Waals surface area contributed by atoms with Crippen LogP contribution in [0.2, 0.25) is 0 Å². The molecule has 84 heavy (non-hydrogen) atoms. The van der Waals surface area contributed by atoms with Gasteiger partial charge in [-0.1, -0.05) is 171 Å². The number of benzene rings is 10. The predicted molar refractivity (Wildman–Crippen MR) is 350 cm³/mol.